The molecule has 1 spiro atoms. The third-order valence-corrected chi connectivity index (χ3v) is 6.25. The van der Waals surface area contributed by atoms with E-state index in [-0.39, 0.29) is 5.54 Å². The molecule has 5 nitrogen and oxygen atoms in total. The van der Waals surface area contributed by atoms with Crippen LogP contribution in [0.4, 0.5) is 5.82 Å². The van der Waals surface area contributed by atoms with E-state index in [1.165, 1.54) is 25.9 Å². The van der Waals surface area contributed by atoms with E-state index >= 15 is 0 Å². The van der Waals surface area contributed by atoms with Crippen LogP contribution in [0.2, 0.25) is 5.02 Å². The first-order chi connectivity index (χ1) is 12.7. The predicted molar refractivity (Wildman–Crippen MR) is 104 cm³/mol. The van der Waals surface area contributed by atoms with E-state index in [4.69, 9.17) is 11.6 Å². The molecule has 0 radical (unpaired) electrons. The summed E-state index contributed by atoms with van der Waals surface area (Å²) in [6, 6.07) is 9.69. The molecule has 0 unspecified atom stereocenters. The number of benzene rings is 1. The van der Waals surface area contributed by atoms with Gasteiger partial charge in [0.2, 0.25) is 0 Å². The lowest BCUT2D eigenvalue weighted by molar-refractivity contribution is 0.0189. The molecule has 2 aromatic rings. The highest BCUT2D eigenvalue weighted by Gasteiger charge is 2.48. The van der Waals surface area contributed by atoms with Gasteiger partial charge in [0.05, 0.1) is 11.2 Å². The van der Waals surface area contributed by atoms with E-state index < -0.39 is 0 Å². The lowest BCUT2D eigenvalue weighted by Crippen LogP contribution is -2.64. The standard InChI is InChI=1S/C20H22ClN5/c21-16-3-1-14(2-4-16)17-11-19(23-13-22-17)24-18-5-8-20(25-18)12-26-9-6-15(20)7-10-26/h1-5,11,13,15,25H,6-10,12H2,(H,22,23,24)/t20-/m0/s1. The summed E-state index contributed by atoms with van der Waals surface area (Å²) in [6.45, 7) is 3.67. The van der Waals surface area contributed by atoms with Gasteiger partial charge in [0.1, 0.15) is 18.0 Å². The number of halogens is 1. The van der Waals surface area contributed by atoms with Gasteiger partial charge in [0.25, 0.3) is 0 Å². The van der Waals surface area contributed by atoms with Crippen molar-refractivity contribution < 1.29 is 0 Å². The van der Waals surface area contributed by atoms with Crippen molar-refractivity contribution in [2.45, 2.75) is 24.8 Å². The molecular weight excluding hydrogens is 346 g/mol. The molecule has 4 aliphatic rings. The zero-order valence-corrected chi connectivity index (χ0v) is 15.3. The molecule has 3 saturated heterocycles. The van der Waals surface area contributed by atoms with E-state index in [9.17, 15) is 0 Å². The van der Waals surface area contributed by atoms with Crippen LogP contribution in [0.15, 0.2) is 48.6 Å². The Bertz CT molecular complexity index is 842. The highest BCUT2D eigenvalue weighted by molar-refractivity contribution is 6.30. The fourth-order valence-corrected chi connectivity index (χ4v) is 4.75. The number of hydrogen-bond acceptors (Lipinski definition) is 5. The number of aromatic nitrogens is 2. The summed E-state index contributed by atoms with van der Waals surface area (Å²) in [5.41, 5.74) is 2.13. The molecule has 5 heterocycles. The Morgan fingerprint density at radius 2 is 1.96 bits per heavy atom. The molecule has 26 heavy (non-hydrogen) atoms. The number of fused-ring (bicyclic) bond motifs is 2. The van der Waals surface area contributed by atoms with Crippen molar-refractivity contribution in [3.63, 3.8) is 0 Å². The van der Waals surface area contributed by atoms with E-state index in [2.05, 4.69) is 31.6 Å². The lowest BCUT2D eigenvalue weighted by Gasteiger charge is -2.52. The summed E-state index contributed by atoms with van der Waals surface area (Å²) >= 11 is 5.98. The quantitative estimate of drug-likeness (QED) is 0.869. The Morgan fingerprint density at radius 1 is 1.15 bits per heavy atom. The number of nitrogens with one attached hydrogen (secondary N) is 2. The minimum absolute atomic E-state index is 0.213. The number of nitrogens with zero attached hydrogens (tertiary/aromatic N) is 3. The monoisotopic (exact) mass is 367 g/mol. The fourth-order valence-electron chi connectivity index (χ4n) is 4.62. The summed E-state index contributed by atoms with van der Waals surface area (Å²) in [5.74, 6) is 2.65. The topological polar surface area (TPSA) is 53.1 Å². The van der Waals surface area contributed by atoms with Gasteiger partial charge in [-0.1, -0.05) is 23.7 Å². The molecule has 4 aliphatic heterocycles. The molecule has 1 aromatic heterocycles. The Labute approximate surface area is 158 Å². The third-order valence-electron chi connectivity index (χ3n) is 6.00. The third kappa shape index (κ3) is 2.85. The maximum atomic E-state index is 5.98. The summed E-state index contributed by atoms with van der Waals surface area (Å²) in [5, 5.41) is 7.96. The van der Waals surface area contributed by atoms with Crippen molar-refractivity contribution in [3.8, 4) is 11.3 Å². The van der Waals surface area contributed by atoms with Crippen LogP contribution in [0.25, 0.3) is 11.3 Å². The zero-order valence-electron chi connectivity index (χ0n) is 14.6. The molecule has 134 valence electrons. The number of piperidine rings is 3. The Kier molecular flexibility index (Phi) is 3.87. The second kappa shape index (κ2) is 6.25. The molecule has 3 fully saturated rings. The molecule has 6 rings (SSSR count). The van der Waals surface area contributed by atoms with Gasteiger partial charge in [0, 0.05) is 23.2 Å². The van der Waals surface area contributed by atoms with Crippen molar-refractivity contribution >= 4 is 17.4 Å². The van der Waals surface area contributed by atoms with Crippen LogP contribution in [-0.2, 0) is 0 Å². The SMILES string of the molecule is Clc1ccc(-c2cc(NC3=CC[C@@]4(CN5CCC4CC5)N3)ncn2)cc1. The van der Waals surface area contributed by atoms with Gasteiger partial charge in [-0.25, -0.2) is 9.97 Å². The van der Waals surface area contributed by atoms with E-state index in [1.807, 2.05) is 30.3 Å². The van der Waals surface area contributed by atoms with Crippen molar-refractivity contribution in [2.24, 2.45) is 5.92 Å². The van der Waals surface area contributed by atoms with Gasteiger partial charge in [0.15, 0.2) is 0 Å². The van der Waals surface area contributed by atoms with Gasteiger partial charge in [-0.2, -0.15) is 0 Å². The van der Waals surface area contributed by atoms with Gasteiger partial charge in [-0.3, -0.25) is 0 Å². The van der Waals surface area contributed by atoms with Gasteiger partial charge in [-0.05, 0) is 56.5 Å². The first-order valence-electron chi connectivity index (χ1n) is 9.26. The van der Waals surface area contributed by atoms with Crippen LogP contribution in [0.3, 0.4) is 0 Å². The lowest BCUT2D eigenvalue weighted by atomic mass is 9.72. The smallest absolute Gasteiger partial charge is 0.135 e. The maximum absolute atomic E-state index is 5.98. The highest BCUT2D eigenvalue weighted by Crippen LogP contribution is 2.41. The highest BCUT2D eigenvalue weighted by atomic mass is 35.5. The summed E-state index contributed by atoms with van der Waals surface area (Å²) in [6.07, 6.45) is 7.59. The molecule has 1 aromatic carbocycles. The molecule has 1 atom stereocenters. The molecular formula is C20H22ClN5. The normalized spacial score (nSPS) is 29.5. The minimum Gasteiger partial charge on any atom is -0.365 e. The van der Waals surface area contributed by atoms with Crippen LogP contribution >= 0.6 is 11.6 Å². The number of anilines is 1. The summed E-state index contributed by atoms with van der Waals surface area (Å²) in [4.78, 5) is 11.4. The fraction of sp³-hybridized carbons (Fsp3) is 0.400. The molecule has 2 bridgehead atoms. The van der Waals surface area contributed by atoms with Crippen molar-refractivity contribution in [3.05, 3.63) is 53.6 Å². The first-order valence-corrected chi connectivity index (χ1v) is 9.64. The predicted octanol–water partition coefficient (Wildman–Crippen LogP) is 3.51. The Balaban J connectivity index is 1.31. The van der Waals surface area contributed by atoms with Gasteiger partial charge < -0.3 is 15.5 Å². The number of hydrogen-bond donors (Lipinski definition) is 2. The second-order valence-electron chi connectivity index (χ2n) is 7.57. The molecule has 0 aliphatic carbocycles. The van der Waals surface area contributed by atoms with Crippen LogP contribution in [0.1, 0.15) is 19.3 Å². The van der Waals surface area contributed by atoms with Gasteiger partial charge in [-0.15, -0.1) is 0 Å². The van der Waals surface area contributed by atoms with Crippen LogP contribution in [0, 0.1) is 5.92 Å². The zero-order chi connectivity index (χ0) is 17.6. The van der Waals surface area contributed by atoms with E-state index in [0.717, 1.165) is 46.8 Å². The molecule has 2 N–H and O–H groups in total. The maximum Gasteiger partial charge on any atom is 0.135 e. The van der Waals surface area contributed by atoms with Gasteiger partial charge >= 0.3 is 0 Å². The second-order valence-corrected chi connectivity index (χ2v) is 8.01. The molecule has 6 heteroatoms. The largest absolute Gasteiger partial charge is 0.365 e. The van der Waals surface area contributed by atoms with Crippen LogP contribution < -0.4 is 10.6 Å². The Hall–Kier alpha value is -2.11. The number of rotatable bonds is 3. The Morgan fingerprint density at radius 3 is 2.69 bits per heavy atom. The van der Waals surface area contributed by atoms with Crippen molar-refractivity contribution in [2.75, 3.05) is 25.0 Å². The van der Waals surface area contributed by atoms with Crippen LogP contribution in [-0.4, -0.2) is 40.0 Å². The first kappa shape index (κ1) is 16.1. The summed E-state index contributed by atoms with van der Waals surface area (Å²) < 4.78 is 0. The summed E-state index contributed by atoms with van der Waals surface area (Å²) in [7, 11) is 0. The average molecular weight is 368 g/mol. The van der Waals surface area contributed by atoms with E-state index in [0.29, 0.717) is 0 Å². The average Bonchev–Trinajstić information content (AvgIpc) is 3.05. The molecule has 0 saturated carbocycles. The van der Waals surface area contributed by atoms with Crippen molar-refractivity contribution in [1.82, 2.24) is 20.2 Å². The molecule has 0 amide bonds. The minimum atomic E-state index is 0.213. The van der Waals surface area contributed by atoms with Crippen LogP contribution in [0.5, 0.6) is 0 Å². The van der Waals surface area contributed by atoms with Crippen molar-refractivity contribution in [1.29, 1.82) is 0 Å². The van der Waals surface area contributed by atoms with E-state index in [1.54, 1.807) is 6.33 Å².